The van der Waals surface area contributed by atoms with E-state index in [0.717, 1.165) is 29.3 Å². The van der Waals surface area contributed by atoms with E-state index in [9.17, 15) is 25.0 Å². The molecule has 0 saturated carbocycles. The highest BCUT2D eigenvalue weighted by atomic mass is 16.6. The van der Waals surface area contributed by atoms with Gasteiger partial charge < -0.3 is 5.32 Å². The lowest BCUT2D eigenvalue weighted by molar-refractivity contribution is -0.394. The standard InChI is InChI=1S/C15H13N3O5/c1-10-2-4-11(5-3-10)9-16-15(19)12-6-13(17(20)21)8-14(7-12)18(22)23/h2-8H,9H2,1H3,(H,16,19). The lowest BCUT2D eigenvalue weighted by Crippen LogP contribution is -2.23. The van der Waals surface area contributed by atoms with Crippen LogP contribution in [0.4, 0.5) is 11.4 Å². The van der Waals surface area contributed by atoms with Crippen molar-refractivity contribution in [1.29, 1.82) is 0 Å². The third kappa shape index (κ3) is 4.10. The van der Waals surface area contributed by atoms with Crippen LogP contribution in [0.15, 0.2) is 42.5 Å². The first-order valence-corrected chi connectivity index (χ1v) is 6.64. The lowest BCUT2D eigenvalue weighted by atomic mass is 10.1. The van der Waals surface area contributed by atoms with E-state index in [4.69, 9.17) is 0 Å². The Morgan fingerprint density at radius 1 is 1.00 bits per heavy atom. The van der Waals surface area contributed by atoms with Crippen LogP contribution in [0.2, 0.25) is 0 Å². The molecule has 0 unspecified atom stereocenters. The molecule has 0 atom stereocenters. The van der Waals surface area contributed by atoms with Crippen LogP contribution in [0.25, 0.3) is 0 Å². The molecule has 0 aromatic heterocycles. The number of amides is 1. The zero-order valence-corrected chi connectivity index (χ0v) is 12.2. The number of nitrogens with zero attached hydrogens (tertiary/aromatic N) is 2. The molecule has 23 heavy (non-hydrogen) atoms. The Balaban J connectivity index is 2.19. The maximum atomic E-state index is 12.1. The molecule has 2 rings (SSSR count). The summed E-state index contributed by atoms with van der Waals surface area (Å²) in [6.45, 7) is 2.15. The summed E-state index contributed by atoms with van der Waals surface area (Å²) < 4.78 is 0. The van der Waals surface area contributed by atoms with Gasteiger partial charge in [-0.05, 0) is 12.5 Å². The topological polar surface area (TPSA) is 115 Å². The second kappa shape index (κ2) is 6.65. The van der Waals surface area contributed by atoms with Gasteiger partial charge in [-0.25, -0.2) is 0 Å². The monoisotopic (exact) mass is 315 g/mol. The fourth-order valence-electron chi connectivity index (χ4n) is 1.93. The molecule has 0 aliphatic carbocycles. The van der Waals surface area contributed by atoms with E-state index >= 15 is 0 Å². The highest BCUT2D eigenvalue weighted by Crippen LogP contribution is 2.22. The minimum absolute atomic E-state index is 0.127. The summed E-state index contributed by atoms with van der Waals surface area (Å²) in [7, 11) is 0. The van der Waals surface area contributed by atoms with E-state index in [1.807, 2.05) is 31.2 Å². The van der Waals surface area contributed by atoms with E-state index in [1.165, 1.54) is 0 Å². The summed E-state index contributed by atoms with van der Waals surface area (Å²) in [5, 5.41) is 24.2. The van der Waals surface area contributed by atoms with Crippen molar-refractivity contribution in [2.24, 2.45) is 0 Å². The Kier molecular flexibility index (Phi) is 4.65. The van der Waals surface area contributed by atoms with Crippen LogP contribution in [0, 0.1) is 27.2 Å². The molecule has 2 aromatic rings. The number of nitrogens with one attached hydrogen (secondary N) is 1. The molecule has 0 fully saturated rings. The van der Waals surface area contributed by atoms with Gasteiger partial charge in [0.2, 0.25) is 0 Å². The number of benzene rings is 2. The summed E-state index contributed by atoms with van der Waals surface area (Å²) >= 11 is 0. The third-order valence-electron chi connectivity index (χ3n) is 3.16. The smallest absolute Gasteiger partial charge is 0.277 e. The molecular weight excluding hydrogens is 302 g/mol. The molecule has 1 N–H and O–H groups in total. The van der Waals surface area contributed by atoms with Crippen molar-refractivity contribution >= 4 is 17.3 Å². The molecule has 0 aliphatic heterocycles. The van der Waals surface area contributed by atoms with Crippen molar-refractivity contribution in [2.45, 2.75) is 13.5 Å². The number of hydrogen-bond acceptors (Lipinski definition) is 5. The van der Waals surface area contributed by atoms with Gasteiger partial charge in [-0.2, -0.15) is 0 Å². The van der Waals surface area contributed by atoms with Crippen LogP contribution >= 0.6 is 0 Å². The maximum absolute atomic E-state index is 12.1. The van der Waals surface area contributed by atoms with Crippen LogP contribution in [-0.2, 0) is 6.54 Å². The van der Waals surface area contributed by atoms with Crippen LogP contribution in [0.3, 0.4) is 0 Å². The molecule has 0 bridgehead atoms. The van der Waals surface area contributed by atoms with Gasteiger partial charge in [-0.1, -0.05) is 29.8 Å². The second-order valence-corrected chi connectivity index (χ2v) is 4.92. The van der Waals surface area contributed by atoms with Crippen LogP contribution in [-0.4, -0.2) is 15.8 Å². The van der Waals surface area contributed by atoms with Crippen molar-refractivity contribution in [3.63, 3.8) is 0 Å². The van der Waals surface area contributed by atoms with E-state index in [0.29, 0.717) is 0 Å². The Morgan fingerprint density at radius 3 is 2.00 bits per heavy atom. The number of carbonyl (C=O) groups is 1. The van der Waals surface area contributed by atoms with Crippen molar-refractivity contribution in [2.75, 3.05) is 0 Å². The number of non-ortho nitro benzene ring substituents is 2. The first kappa shape index (κ1) is 16.1. The quantitative estimate of drug-likeness (QED) is 0.672. The van der Waals surface area contributed by atoms with Gasteiger partial charge in [-0.15, -0.1) is 0 Å². The largest absolute Gasteiger partial charge is 0.348 e. The Labute approximate surface area is 131 Å². The van der Waals surface area contributed by atoms with Gasteiger partial charge in [0.1, 0.15) is 0 Å². The average Bonchev–Trinajstić information content (AvgIpc) is 2.53. The number of hydrogen-bond donors (Lipinski definition) is 1. The minimum Gasteiger partial charge on any atom is -0.348 e. The third-order valence-corrected chi connectivity index (χ3v) is 3.16. The fourth-order valence-corrected chi connectivity index (χ4v) is 1.93. The fraction of sp³-hybridized carbons (Fsp3) is 0.133. The zero-order chi connectivity index (χ0) is 17.0. The number of carbonyl (C=O) groups excluding carboxylic acids is 1. The molecule has 118 valence electrons. The highest BCUT2D eigenvalue weighted by molar-refractivity contribution is 5.95. The second-order valence-electron chi connectivity index (χ2n) is 4.92. The predicted octanol–water partition coefficient (Wildman–Crippen LogP) is 2.74. The van der Waals surface area contributed by atoms with Crippen molar-refractivity contribution in [3.8, 4) is 0 Å². The van der Waals surface area contributed by atoms with E-state index in [-0.39, 0.29) is 12.1 Å². The Morgan fingerprint density at radius 2 is 1.52 bits per heavy atom. The van der Waals surface area contributed by atoms with Gasteiger partial charge in [0.25, 0.3) is 17.3 Å². The van der Waals surface area contributed by atoms with E-state index in [1.54, 1.807) is 0 Å². The van der Waals surface area contributed by atoms with Gasteiger partial charge >= 0.3 is 0 Å². The van der Waals surface area contributed by atoms with Crippen LogP contribution < -0.4 is 5.32 Å². The molecule has 0 heterocycles. The van der Waals surface area contributed by atoms with Gasteiger partial charge in [0.15, 0.2) is 0 Å². The molecule has 0 saturated heterocycles. The zero-order valence-electron chi connectivity index (χ0n) is 12.2. The Hall–Kier alpha value is -3.29. The molecule has 2 aromatic carbocycles. The van der Waals surface area contributed by atoms with E-state index < -0.39 is 27.1 Å². The number of aryl methyl sites for hydroxylation is 1. The van der Waals surface area contributed by atoms with Gasteiger partial charge in [-0.3, -0.25) is 25.0 Å². The number of nitro benzene ring substituents is 2. The molecule has 8 nitrogen and oxygen atoms in total. The first-order valence-electron chi connectivity index (χ1n) is 6.64. The highest BCUT2D eigenvalue weighted by Gasteiger charge is 2.19. The SMILES string of the molecule is Cc1ccc(CNC(=O)c2cc([N+](=O)[O-])cc([N+](=O)[O-])c2)cc1. The summed E-state index contributed by atoms with van der Waals surface area (Å²) in [6, 6.07) is 10.3. The summed E-state index contributed by atoms with van der Waals surface area (Å²) in [5.41, 5.74) is 0.802. The normalized spacial score (nSPS) is 10.1. The summed E-state index contributed by atoms with van der Waals surface area (Å²) in [6.07, 6.45) is 0. The average molecular weight is 315 g/mol. The minimum atomic E-state index is -0.774. The molecule has 0 aliphatic rings. The molecule has 0 radical (unpaired) electrons. The number of nitro groups is 2. The van der Waals surface area contributed by atoms with Gasteiger partial charge in [0, 0.05) is 18.7 Å². The van der Waals surface area contributed by atoms with Crippen molar-refractivity contribution < 1.29 is 14.6 Å². The van der Waals surface area contributed by atoms with Crippen molar-refractivity contribution in [3.05, 3.63) is 79.4 Å². The van der Waals surface area contributed by atoms with Gasteiger partial charge in [0.05, 0.1) is 21.5 Å². The van der Waals surface area contributed by atoms with Crippen molar-refractivity contribution in [1.82, 2.24) is 5.32 Å². The molecular formula is C15H13N3O5. The molecule has 8 heteroatoms. The maximum Gasteiger partial charge on any atom is 0.277 e. The molecule has 1 amide bonds. The van der Waals surface area contributed by atoms with Crippen LogP contribution in [0.5, 0.6) is 0 Å². The first-order chi connectivity index (χ1) is 10.9. The van der Waals surface area contributed by atoms with E-state index in [2.05, 4.69) is 5.32 Å². The summed E-state index contributed by atoms with van der Waals surface area (Å²) in [4.78, 5) is 32.2. The Bertz CT molecular complexity index is 739. The summed E-state index contributed by atoms with van der Waals surface area (Å²) in [5.74, 6) is -0.614. The van der Waals surface area contributed by atoms with Crippen LogP contribution in [0.1, 0.15) is 21.5 Å². The molecule has 0 spiro atoms. The lowest BCUT2D eigenvalue weighted by Gasteiger charge is -2.06. The predicted molar refractivity (Wildman–Crippen MR) is 82.1 cm³/mol. The number of rotatable bonds is 5.